The molecule has 1 aliphatic heterocycles. The fraction of sp³-hybridized carbons (Fsp3) is 0.533. The number of nitriles is 1. The lowest BCUT2D eigenvalue weighted by atomic mass is 9.85. The summed E-state index contributed by atoms with van der Waals surface area (Å²) in [7, 11) is 0. The number of nitrogens with zero attached hydrogens (tertiary/aromatic N) is 3. The number of hydrogen-bond donors (Lipinski definition) is 0. The van der Waals surface area contributed by atoms with Crippen molar-refractivity contribution in [3.8, 4) is 6.07 Å². The molecule has 3 atom stereocenters. The average molecular weight is 273 g/mol. The molecule has 106 valence electrons. The predicted octanol–water partition coefficient (Wildman–Crippen LogP) is 3.34. The van der Waals surface area contributed by atoms with Crippen LogP contribution in [-0.4, -0.2) is 17.5 Å². The molecule has 0 bridgehead atoms. The number of nitro groups is 1. The fourth-order valence-corrected chi connectivity index (χ4v) is 3.01. The highest BCUT2D eigenvalue weighted by Crippen LogP contribution is 2.33. The minimum absolute atomic E-state index is 0.123. The lowest BCUT2D eigenvalue weighted by Gasteiger charge is -2.42. The topological polar surface area (TPSA) is 70.2 Å². The predicted molar refractivity (Wildman–Crippen MR) is 77.6 cm³/mol. The fourth-order valence-electron chi connectivity index (χ4n) is 3.01. The van der Waals surface area contributed by atoms with Gasteiger partial charge in [0, 0.05) is 24.3 Å². The zero-order valence-corrected chi connectivity index (χ0v) is 12.0. The maximum atomic E-state index is 10.9. The van der Waals surface area contributed by atoms with E-state index in [1.807, 2.05) is 6.07 Å². The van der Waals surface area contributed by atoms with E-state index in [4.69, 9.17) is 5.26 Å². The van der Waals surface area contributed by atoms with Crippen LogP contribution in [0.1, 0.15) is 32.8 Å². The maximum Gasteiger partial charge on any atom is 0.287 e. The molecule has 2 rings (SSSR count). The van der Waals surface area contributed by atoms with E-state index in [1.165, 1.54) is 12.5 Å². The van der Waals surface area contributed by atoms with E-state index in [9.17, 15) is 10.1 Å². The highest BCUT2D eigenvalue weighted by molar-refractivity contribution is 5.60. The van der Waals surface area contributed by atoms with E-state index in [2.05, 4.69) is 25.7 Å². The largest absolute Gasteiger partial charge is 0.368 e. The average Bonchev–Trinajstić information content (AvgIpc) is 2.41. The highest BCUT2D eigenvalue weighted by Gasteiger charge is 2.29. The molecule has 0 aliphatic carbocycles. The van der Waals surface area contributed by atoms with Crippen LogP contribution in [0, 0.1) is 33.3 Å². The van der Waals surface area contributed by atoms with Crippen molar-refractivity contribution in [2.24, 2.45) is 11.8 Å². The van der Waals surface area contributed by atoms with Crippen LogP contribution in [0.3, 0.4) is 0 Å². The zero-order chi connectivity index (χ0) is 14.9. The van der Waals surface area contributed by atoms with Crippen LogP contribution in [0.5, 0.6) is 0 Å². The van der Waals surface area contributed by atoms with Gasteiger partial charge in [0.15, 0.2) is 0 Å². The third kappa shape index (κ3) is 2.60. The molecule has 0 amide bonds. The van der Waals surface area contributed by atoms with E-state index < -0.39 is 4.92 Å². The normalized spacial score (nSPS) is 26.1. The van der Waals surface area contributed by atoms with Crippen LogP contribution in [0.25, 0.3) is 0 Å². The third-order valence-electron chi connectivity index (χ3n) is 4.23. The molecule has 1 heterocycles. The number of benzene rings is 1. The maximum absolute atomic E-state index is 10.9. The van der Waals surface area contributed by atoms with Gasteiger partial charge in [-0.1, -0.05) is 13.8 Å². The van der Waals surface area contributed by atoms with Crippen molar-refractivity contribution in [3.05, 3.63) is 33.9 Å². The minimum Gasteiger partial charge on any atom is -0.368 e. The van der Waals surface area contributed by atoms with E-state index in [0.717, 1.165) is 12.2 Å². The van der Waals surface area contributed by atoms with Gasteiger partial charge < -0.3 is 4.90 Å². The number of nitro benzene ring substituents is 1. The van der Waals surface area contributed by atoms with Gasteiger partial charge in [0.05, 0.1) is 4.92 Å². The molecule has 5 nitrogen and oxygen atoms in total. The van der Waals surface area contributed by atoms with E-state index in [-0.39, 0.29) is 11.3 Å². The van der Waals surface area contributed by atoms with Crippen LogP contribution < -0.4 is 4.90 Å². The molecule has 5 heteroatoms. The van der Waals surface area contributed by atoms with Gasteiger partial charge in [-0.05, 0) is 37.3 Å². The first-order valence-electron chi connectivity index (χ1n) is 6.89. The summed E-state index contributed by atoms with van der Waals surface area (Å²) in [6, 6.07) is 7.12. The number of anilines is 1. The second-order valence-corrected chi connectivity index (χ2v) is 5.78. The third-order valence-corrected chi connectivity index (χ3v) is 4.23. The molecule has 0 aromatic heterocycles. The van der Waals surface area contributed by atoms with Crippen LogP contribution >= 0.6 is 0 Å². The van der Waals surface area contributed by atoms with Crippen LogP contribution in [-0.2, 0) is 0 Å². The summed E-state index contributed by atoms with van der Waals surface area (Å²) in [4.78, 5) is 12.6. The van der Waals surface area contributed by atoms with Crippen molar-refractivity contribution in [2.75, 3.05) is 11.4 Å². The smallest absolute Gasteiger partial charge is 0.287 e. The Morgan fingerprint density at radius 1 is 1.40 bits per heavy atom. The van der Waals surface area contributed by atoms with Gasteiger partial charge >= 0.3 is 0 Å². The first-order valence-corrected chi connectivity index (χ1v) is 6.89. The van der Waals surface area contributed by atoms with Crippen molar-refractivity contribution in [1.29, 1.82) is 5.26 Å². The Kier molecular flexibility index (Phi) is 3.93. The van der Waals surface area contributed by atoms with Gasteiger partial charge in [-0.3, -0.25) is 10.1 Å². The second-order valence-electron chi connectivity index (χ2n) is 5.78. The molecule has 0 radical (unpaired) electrons. The monoisotopic (exact) mass is 273 g/mol. The summed E-state index contributed by atoms with van der Waals surface area (Å²) in [6.45, 7) is 7.54. The van der Waals surface area contributed by atoms with Gasteiger partial charge in [0.2, 0.25) is 0 Å². The summed E-state index contributed by atoms with van der Waals surface area (Å²) in [5.74, 6) is 1.15. The summed E-state index contributed by atoms with van der Waals surface area (Å²) in [5.41, 5.74) is 0.908. The lowest BCUT2D eigenvalue weighted by Crippen LogP contribution is -2.45. The van der Waals surface area contributed by atoms with Gasteiger partial charge in [-0.2, -0.15) is 5.26 Å². The Morgan fingerprint density at radius 2 is 2.10 bits per heavy atom. The van der Waals surface area contributed by atoms with Crippen molar-refractivity contribution in [3.63, 3.8) is 0 Å². The van der Waals surface area contributed by atoms with Crippen LogP contribution in [0.4, 0.5) is 11.4 Å². The van der Waals surface area contributed by atoms with Gasteiger partial charge in [-0.15, -0.1) is 0 Å². The van der Waals surface area contributed by atoms with E-state index in [1.54, 1.807) is 12.1 Å². The van der Waals surface area contributed by atoms with Crippen LogP contribution in [0.2, 0.25) is 0 Å². The number of hydrogen-bond acceptors (Lipinski definition) is 4. The molecule has 1 aromatic carbocycles. The Morgan fingerprint density at radius 3 is 2.70 bits per heavy atom. The summed E-state index contributed by atoms with van der Waals surface area (Å²) < 4.78 is 0. The zero-order valence-electron chi connectivity index (χ0n) is 12.0. The Balaban J connectivity index is 2.38. The molecule has 0 saturated carbocycles. The Labute approximate surface area is 119 Å². The second kappa shape index (κ2) is 5.49. The molecule has 1 fully saturated rings. The van der Waals surface area contributed by atoms with Crippen molar-refractivity contribution < 1.29 is 4.92 Å². The van der Waals surface area contributed by atoms with Crippen molar-refractivity contribution in [2.45, 2.75) is 33.2 Å². The molecule has 1 saturated heterocycles. The standard InChI is InChI=1S/C15H19N3O2/c1-10-6-11(2)12(3)17(9-10)14-4-5-15(18(19)20)13(7-14)8-16/h4-5,7,10-12H,6,9H2,1-3H3. The highest BCUT2D eigenvalue weighted by atomic mass is 16.6. The molecule has 0 N–H and O–H groups in total. The summed E-state index contributed by atoms with van der Waals surface area (Å²) in [5, 5.41) is 20.0. The summed E-state index contributed by atoms with van der Waals surface area (Å²) in [6.07, 6.45) is 1.19. The van der Waals surface area contributed by atoms with Gasteiger partial charge in [0.25, 0.3) is 5.69 Å². The lowest BCUT2D eigenvalue weighted by molar-refractivity contribution is -0.385. The number of piperidine rings is 1. The van der Waals surface area contributed by atoms with E-state index >= 15 is 0 Å². The Bertz CT molecular complexity index is 565. The SMILES string of the molecule is CC1CC(C)C(C)N(c2ccc([N+](=O)[O-])c(C#N)c2)C1. The molecule has 1 aromatic rings. The van der Waals surface area contributed by atoms with Gasteiger partial charge in [-0.25, -0.2) is 0 Å². The van der Waals surface area contributed by atoms with Crippen molar-refractivity contribution >= 4 is 11.4 Å². The number of rotatable bonds is 2. The summed E-state index contributed by atoms with van der Waals surface area (Å²) >= 11 is 0. The molecular formula is C15H19N3O2. The quantitative estimate of drug-likeness (QED) is 0.612. The minimum atomic E-state index is -0.507. The molecule has 20 heavy (non-hydrogen) atoms. The van der Waals surface area contributed by atoms with Crippen molar-refractivity contribution in [1.82, 2.24) is 0 Å². The first-order chi connectivity index (χ1) is 9.43. The molecule has 1 aliphatic rings. The Hall–Kier alpha value is -2.09. The molecular weight excluding hydrogens is 254 g/mol. The first kappa shape index (κ1) is 14.3. The van der Waals surface area contributed by atoms with E-state index in [0.29, 0.717) is 17.9 Å². The van der Waals surface area contributed by atoms with Crippen LogP contribution in [0.15, 0.2) is 18.2 Å². The van der Waals surface area contributed by atoms with Gasteiger partial charge in [0.1, 0.15) is 11.6 Å². The molecule has 0 spiro atoms. The molecule has 3 unspecified atom stereocenters.